The summed E-state index contributed by atoms with van der Waals surface area (Å²) in [5, 5.41) is 8.23. The van der Waals surface area contributed by atoms with Crippen LogP contribution >= 0.6 is 0 Å². The van der Waals surface area contributed by atoms with Crippen molar-refractivity contribution in [3.63, 3.8) is 0 Å². The summed E-state index contributed by atoms with van der Waals surface area (Å²) < 4.78 is 5.97. The van der Waals surface area contributed by atoms with E-state index in [1.165, 1.54) is 21.5 Å². The number of nitrogens with zero attached hydrogens (tertiary/aromatic N) is 4. The lowest BCUT2D eigenvalue weighted by molar-refractivity contribution is 0.478. The van der Waals surface area contributed by atoms with Crippen LogP contribution in [0.15, 0.2) is 79.4 Å². The van der Waals surface area contributed by atoms with Gasteiger partial charge >= 0.3 is 0 Å². The van der Waals surface area contributed by atoms with Gasteiger partial charge in [-0.05, 0) is 30.2 Å². The van der Waals surface area contributed by atoms with Gasteiger partial charge in [-0.25, -0.2) is 0 Å². The van der Waals surface area contributed by atoms with Crippen LogP contribution in [0.2, 0.25) is 0 Å². The summed E-state index contributed by atoms with van der Waals surface area (Å²) in [6, 6.07) is 18.8. The van der Waals surface area contributed by atoms with Crippen LogP contribution < -0.4 is 4.74 Å². The molecular formula is C23H22N4O. The van der Waals surface area contributed by atoms with Gasteiger partial charge in [0, 0.05) is 11.5 Å². The first-order chi connectivity index (χ1) is 13.5. The van der Waals surface area contributed by atoms with Gasteiger partial charge in [0.15, 0.2) is 0 Å². The van der Waals surface area contributed by atoms with Crippen LogP contribution in [-0.4, -0.2) is 20.0 Å². The topological polar surface area (TPSA) is 52.8 Å². The first kappa shape index (κ1) is 17.9. The van der Waals surface area contributed by atoms with Crippen molar-refractivity contribution in [2.75, 3.05) is 0 Å². The largest absolute Gasteiger partial charge is 0.456 e. The van der Waals surface area contributed by atoms with Gasteiger partial charge < -0.3 is 4.74 Å². The van der Waals surface area contributed by atoms with Crippen molar-refractivity contribution >= 4 is 0 Å². The summed E-state index contributed by atoms with van der Waals surface area (Å²) in [6.45, 7) is 6.57. The maximum atomic E-state index is 5.97. The van der Waals surface area contributed by atoms with Crippen LogP contribution in [0.3, 0.4) is 0 Å². The highest BCUT2D eigenvalue weighted by molar-refractivity contribution is 5.42. The zero-order valence-corrected chi connectivity index (χ0v) is 16.2. The predicted octanol–water partition coefficient (Wildman–Crippen LogP) is 5.09. The predicted molar refractivity (Wildman–Crippen MR) is 109 cm³/mol. The average molecular weight is 370 g/mol. The molecule has 0 saturated carbocycles. The fraction of sp³-hybridized carbons (Fsp3) is 0.174. The van der Waals surface area contributed by atoms with Gasteiger partial charge in [0.05, 0.1) is 24.8 Å². The molecule has 0 saturated heterocycles. The van der Waals surface area contributed by atoms with E-state index in [4.69, 9.17) is 4.74 Å². The van der Waals surface area contributed by atoms with Crippen molar-refractivity contribution in [3.8, 4) is 17.2 Å². The molecule has 0 bridgehead atoms. The lowest BCUT2D eigenvalue weighted by Gasteiger charge is -2.26. The van der Waals surface area contributed by atoms with E-state index in [-0.39, 0.29) is 5.41 Å². The molecule has 140 valence electrons. The van der Waals surface area contributed by atoms with Crippen molar-refractivity contribution in [3.05, 3.63) is 96.1 Å². The molecule has 0 amide bonds. The summed E-state index contributed by atoms with van der Waals surface area (Å²) in [4.78, 5) is 5.72. The Labute approximate surface area is 164 Å². The zero-order valence-electron chi connectivity index (χ0n) is 16.2. The van der Waals surface area contributed by atoms with Gasteiger partial charge in [0.1, 0.15) is 17.2 Å². The van der Waals surface area contributed by atoms with E-state index in [1.807, 2.05) is 18.2 Å². The molecule has 0 N–H and O–H groups in total. The fourth-order valence-electron chi connectivity index (χ4n) is 3.13. The van der Waals surface area contributed by atoms with E-state index in [0.29, 0.717) is 5.75 Å². The number of ether oxygens (including phenoxy) is 1. The Balaban J connectivity index is 1.54. The molecule has 0 atom stereocenters. The maximum Gasteiger partial charge on any atom is 0.147 e. The maximum absolute atomic E-state index is 5.97. The summed E-state index contributed by atoms with van der Waals surface area (Å²) >= 11 is 0. The Kier molecular flexibility index (Phi) is 4.65. The van der Waals surface area contributed by atoms with Crippen LogP contribution in [0.1, 0.15) is 30.5 Å². The first-order valence-electron chi connectivity index (χ1n) is 9.20. The molecule has 5 nitrogen and oxygen atoms in total. The Bertz CT molecular complexity index is 1050. The average Bonchev–Trinajstić information content (AvgIpc) is 3.24. The monoisotopic (exact) mass is 370 g/mol. The number of aromatic nitrogens is 4. The molecule has 28 heavy (non-hydrogen) atoms. The third kappa shape index (κ3) is 3.64. The second kappa shape index (κ2) is 7.27. The molecule has 0 unspecified atom stereocenters. The molecule has 4 rings (SSSR count). The van der Waals surface area contributed by atoms with E-state index in [1.54, 1.807) is 24.8 Å². The van der Waals surface area contributed by atoms with Gasteiger partial charge in [0.2, 0.25) is 0 Å². The molecule has 0 fully saturated rings. The molecule has 2 heterocycles. The Morgan fingerprint density at radius 2 is 1.39 bits per heavy atom. The van der Waals surface area contributed by atoms with Crippen molar-refractivity contribution in [1.29, 1.82) is 0 Å². The fourth-order valence-corrected chi connectivity index (χ4v) is 3.13. The smallest absolute Gasteiger partial charge is 0.147 e. The summed E-state index contributed by atoms with van der Waals surface area (Å²) in [7, 11) is 0. The summed E-state index contributed by atoms with van der Waals surface area (Å²) in [5.74, 6) is 1.40. The second-order valence-corrected chi connectivity index (χ2v) is 7.31. The number of pyridine rings is 1. The van der Waals surface area contributed by atoms with Gasteiger partial charge in [-0.3, -0.25) is 4.98 Å². The van der Waals surface area contributed by atoms with E-state index >= 15 is 0 Å². The number of hydrogen-bond acceptors (Lipinski definition) is 4. The molecule has 0 aliphatic heterocycles. The standard InChI is InChI=1S/C23H22N4O/c1-17-4-6-18(7-5-17)23(2,3)19-8-10-21(11-9-19)28-22-14-20(15-24-16-22)27-25-12-13-26-27/h4-16H,1-3H3. The van der Waals surface area contributed by atoms with Crippen LogP contribution in [0, 0.1) is 6.92 Å². The van der Waals surface area contributed by atoms with E-state index in [0.717, 1.165) is 11.4 Å². The molecule has 0 spiro atoms. The number of benzene rings is 2. The number of rotatable bonds is 5. The third-order valence-electron chi connectivity index (χ3n) is 4.93. The molecule has 0 aliphatic carbocycles. The quantitative estimate of drug-likeness (QED) is 0.491. The van der Waals surface area contributed by atoms with Crippen LogP contribution in [0.25, 0.3) is 5.69 Å². The highest BCUT2D eigenvalue weighted by Gasteiger charge is 2.22. The molecule has 0 radical (unpaired) electrons. The Morgan fingerprint density at radius 1 is 0.786 bits per heavy atom. The van der Waals surface area contributed by atoms with E-state index < -0.39 is 0 Å². The molecule has 2 aromatic heterocycles. The first-order valence-corrected chi connectivity index (χ1v) is 9.20. The van der Waals surface area contributed by atoms with E-state index in [2.05, 4.69) is 72.4 Å². The SMILES string of the molecule is Cc1ccc(C(C)(C)c2ccc(Oc3cncc(-n4nccn4)c3)cc2)cc1. The number of aryl methyl sites for hydroxylation is 1. The highest BCUT2D eigenvalue weighted by Crippen LogP contribution is 2.33. The van der Waals surface area contributed by atoms with Crippen LogP contribution in [0.5, 0.6) is 11.5 Å². The summed E-state index contributed by atoms with van der Waals surface area (Å²) in [6.07, 6.45) is 6.63. The Morgan fingerprint density at radius 3 is 2.04 bits per heavy atom. The molecule has 4 aromatic rings. The third-order valence-corrected chi connectivity index (χ3v) is 4.93. The Hall–Kier alpha value is -3.47. The number of hydrogen-bond donors (Lipinski definition) is 0. The van der Waals surface area contributed by atoms with Gasteiger partial charge in [0.25, 0.3) is 0 Å². The minimum Gasteiger partial charge on any atom is -0.456 e. The molecule has 5 heteroatoms. The molecular weight excluding hydrogens is 348 g/mol. The van der Waals surface area contributed by atoms with Crippen LogP contribution in [0.4, 0.5) is 0 Å². The summed E-state index contributed by atoms with van der Waals surface area (Å²) in [5.41, 5.74) is 4.45. The normalized spacial score (nSPS) is 11.4. The zero-order chi connectivity index (χ0) is 19.6. The minimum atomic E-state index is -0.0839. The van der Waals surface area contributed by atoms with Crippen molar-refractivity contribution in [2.24, 2.45) is 0 Å². The van der Waals surface area contributed by atoms with Gasteiger partial charge in [-0.2, -0.15) is 10.2 Å². The second-order valence-electron chi connectivity index (χ2n) is 7.31. The van der Waals surface area contributed by atoms with Crippen molar-refractivity contribution < 1.29 is 4.74 Å². The molecule has 0 aliphatic rings. The highest BCUT2D eigenvalue weighted by atomic mass is 16.5. The lowest BCUT2D eigenvalue weighted by atomic mass is 9.78. The van der Waals surface area contributed by atoms with Crippen molar-refractivity contribution in [2.45, 2.75) is 26.2 Å². The lowest BCUT2D eigenvalue weighted by Crippen LogP contribution is -2.18. The van der Waals surface area contributed by atoms with Gasteiger partial charge in [-0.15, -0.1) is 4.80 Å². The molecule has 2 aromatic carbocycles. The van der Waals surface area contributed by atoms with Gasteiger partial charge in [-0.1, -0.05) is 55.8 Å². The minimum absolute atomic E-state index is 0.0839. The van der Waals surface area contributed by atoms with Crippen LogP contribution in [-0.2, 0) is 5.41 Å². The van der Waals surface area contributed by atoms with Crippen molar-refractivity contribution in [1.82, 2.24) is 20.0 Å². The van der Waals surface area contributed by atoms with E-state index in [9.17, 15) is 0 Å².